The largest absolute Gasteiger partial charge is 0.313 e. The Balaban J connectivity index is 0.00000113. The monoisotopic (exact) mass is 540 g/mol. The highest BCUT2D eigenvalue weighted by atomic mass is 19.1. The molecule has 7 nitrogen and oxygen atoms in total. The van der Waals surface area contributed by atoms with Crippen LogP contribution < -0.4 is 10.7 Å². The van der Waals surface area contributed by atoms with Gasteiger partial charge in [-0.2, -0.15) is 5.10 Å². The van der Waals surface area contributed by atoms with E-state index in [-0.39, 0.29) is 11.8 Å². The first-order valence-electron chi connectivity index (χ1n) is 13.2. The average Bonchev–Trinajstić information content (AvgIpc) is 3.76. The number of halogens is 2. The first kappa shape index (κ1) is 33.3. The normalized spacial score (nSPS) is 19.4. The second-order valence-corrected chi connectivity index (χ2v) is 9.11. The molecule has 9 heteroatoms. The fourth-order valence-electron chi connectivity index (χ4n) is 3.07. The van der Waals surface area contributed by atoms with Crippen LogP contribution in [-0.4, -0.2) is 49.3 Å². The molecule has 0 saturated heterocycles. The molecule has 1 saturated carbocycles. The number of amides is 1. The van der Waals surface area contributed by atoms with E-state index >= 15 is 0 Å². The van der Waals surface area contributed by atoms with E-state index in [1.165, 1.54) is 19.3 Å². The fourth-order valence-corrected chi connectivity index (χ4v) is 3.07. The summed E-state index contributed by atoms with van der Waals surface area (Å²) in [4.78, 5) is 25.4. The van der Waals surface area contributed by atoms with Gasteiger partial charge in [-0.15, -0.1) is 0 Å². The molecule has 0 spiro atoms. The van der Waals surface area contributed by atoms with E-state index in [1.807, 2.05) is 6.92 Å². The summed E-state index contributed by atoms with van der Waals surface area (Å²) < 4.78 is 22.3. The maximum atomic E-state index is 12.2. The number of carbonyl (C=O) groups excluding carboxylic acids is 1. The molecule has 2 rings (SSSR count). The van der Waals surface area contributed by atoms with Crippen LogP contribution in [0.4, 0.5) is 8.78 Å². The van der Waals surface area contributed by atoms with Gasteiger partial charge in [0.25, 0.3) is 0 Å². The summed E-state index contributed by atoms with van der Waals surface area (Å²) in [5.41, 5.74) is 6.04. The number of allylic oxidation sites excluding steroid dienone is 9. The SMILES string of the molecule is C/C(F)=C\CF.C=C/C=C(N=CNC(=O)/C=C/C(=C)C1C=CC(C(C)CC)=NCC1)/C(C)=N/NC=NC1CC1. The van der Waals surface area contributed by atoms with Crippen LogP contribution in [0.25, 0.3) is 0 Å². The van der Waals surface area contributed by atoms with Crippen molar-refractivity contribution < 1.29 is 13.6 Å². The van der Waals surface area contributed by atoms with Crippen molar-refractivity contribution in [2.45, 2.75) is 59.4 Å². The first-order chi connectivity index (χ1) is 18.7. The highest BCUT2D eigenvalue weighted by Crippen LogP contribution is 2.22. The molecular formula is C30H42F2N6O. The number of hydrogen-bond acceptors (Lipinski definition) is 5. The number of nitrogens with zero attached hydrogens (tertiary/aromatic N) is 4. The van der Waals surface area contributed by atoms with Crippen LogP contribution in [0.3, 0.4) is 0 Å². The minimum absolute atomic E-state index is 0.171. The molecule has 1 fully saturated rings. The van der Waals surface area contributed by atoms with Crippen molar-refractivity contribution in [2.24, 2.45) is 31.9 Å². The summed E-state index contributed by atoms with van der Waals surface area (Å²) in [5.74, 6) is -0.118. The van der Waals surface area contributed by atoms with E-state index in [4.69, 9.17) is 0 Å². The fraction of sp³-hybridized carbons (Fsp3) is 0.433. The van der Waals surface area contributed by atoms with Gasteiger partial charge in [0.2, 0.25) is 5.91 Å². The number of alkyl halides is 1. The average molecular weight is 541 g/mol. The van der Waals surface area contributed by atoms with Crippen molar-refractivity contribution in [1.82, 2.24) is 10.7 Å². The van der Waals surface area contributed by atoms with Gasteiger partial charge in [0.05, 0.1) is 29.6 Å². The van der Waals surface area contributed by atoms with Gasteiger partial charge >= 0.3 is 0 Å². The molecule has 1 aliphatic heterocycles. The molecule has 39 heavy (non-hydrogen) atoms. The summed E-state index contributed by atoms with van der Waals surface area (Å²) in [7, 11) is 0. The third-order valence-electron chi connectivity index (χ3n) is 5.81. The number of rotatable bonds is 13. The van der Waals surface area contributed by atoms with Crippen LogP contribution in [0.1, 0.15) is 53.4 Å². The molecule has 0 aromatic heterocycles. The van der Waals surface area contributed by atoms with Crippen molar-refractivity contribution in [3.8, 4) is 0 Å². The summed E-state index contributed by atoms with van der Waals surface area (Å²) in [6.07, 6.45) is 18.8. The summed E-state index contributed by atoms with van der Waals surface area (Å²) in [6, 6.07) is 0.433. The lowest BCUT2D eigenvalue weighted by Crippen LogP contribution is -2.19. The minimum Gasteiger partial charge on any atom is -0.313 e. The molecule has 2 atom stereocenters. The van der Waals surface area contributed by atoms with E-state index < -0.39 is 12.5 Å². The van der Waals surface area contributed by atoms with Crippen LogP contribution in [0, 0.1) is 11.8 Å². The Morgan fingerprint density at radius 1 is 1.26 bits per heavy atom. The van der Waals surface area contributed by atoms with Crippen LogP contribution in [0.15, 0.2) is 92.9 Å². The summed E-state index contributed by atoms with van der Waals surface area (Å²) >= 11 is 0. The van der Waals surface area contributed by atoms with E-state index in [9.17, 15) is 13.6 Å². The second kappa shape index (κ2) is 19.3. The molecule has 1 heterocycles. The smallest absolute Gasteiger partial charge is 0.249 e. The van der Waals surface area contributed by atoms with E-state index in [0.717, 1.165) is 49.6 Å². The zero-order valence-corrected chi connectivity index (χ0v) is 23.5. The van der Waals surface area contributed by atoms with Gasteiger partial charge < -0.3 is 5.32 Å². The van der Waals surface area contributed by atoms with Gasteiger partial charge in [-0.3, -0.25) is 20.2 Å². The molecule has 0 bridgehead atoms. The van der Waals surface area contributed by atoms with Gasteiger partial charge in [-0.1, -0.05) is 45.2 Å². The summed E-state index contributed by atoms with van der Waals surface area (Å²) in [5, 5.41) is 6.86. The van der Waals surface area contributed by atoms with Crippen molar-refractivity contribution in [3.05, 3.63) is 72.8 Å². The van der Waals surface area contributed by atoms with Gasteiger partial charge in [-0.25, -0.2) is 13.8 Å². The number of hydrogen-bond donors (Lipinski definition) is 2. The molecule has 2 N–H and O–H groups in total. The molecule has 0 aromatic carbocycles. The topological polar surface area (TPSA) is 90.6 Å². The van der Waals surface area contributed by atoms with E-state index in [1.54, 1.807) is 24.6 Å². The highest BCUT2D eigenvalue weighted by molar-refractivity contribution is 6.01. The van der Waals surface area contributed by atoms with Crippen LogP contribution >= 0.6 is 0 Å². The predicted octanol–water partition coefficient (Wildman–Crippen LogP) is 6.36. The van der Waals surface area contributed by atoms with E-state index in [0.29, 0.717) is 23.4 Å². The van der Waals surface area contributed by atoms with Crippen molar-refractivity contribution in [2.75, 3.05) is 13.2 Å². The molecule has 0 radical (unpaired) electrons. The lowest BCUT2D eigenvalue weighted by Gasteiger charge is -2.09. The molecule has 2 aliphatic rings. The highest BCUT2D eigenvalue weighted by Gasteiger charge is 2.18. The first-order valence-corrected chi connectivity index (χ1v) is 13.2. The molecule has 212 valence electrons. The van der Waals surface area contributed by atoms with Crippen LogP contribution in [0.2, 0.25) is 0 Å². The molecule has 1 amide bonds. The Bertz CT molecular complexity index is 1060. The maximum Gasteiger partial charge on any atom is 0.249 e. The van der Waals surface area contributed by atoms with E-state index in [2.05, 4.69) is 70.0 Å². The quantitative estimate of drug-likeness (QED) is 0.0935. The van der Waals surface area contributed by atoms with Crippen molar-refractivity contribution in [1.29, 1.82) is 0 Å². The minimum atomic E-state index is -0.706. The molecule has 2 unspecified atom stereocenters. The predicted molar refractivity (Wildman–Crippen MR) is 161 cm³/mol. The van der Waals surface area contributed by atoms with Gasteiger partial charge in [0, 0.05) is 24.3 Å². The molecule has 0 aromatic rings. The molecular weight excluding hydrogens is 498 g/mol. The third-order valence-corrected chi connectivity index (χ3v) is 5.81. The van der Waals surface area contributed by atoms with Gasteiger partial charge in [-0.05, 0) is 69.2 Å². The summed E-state index contributed by atoms with van der Waals surface area (Å²) in [6.45, 7) is 15.3. The number of carbonyl (C=O) groups is 1. The van der Waals surface area contributed by atoms with Gasteiger partial charge in [0.1, 0.15) is 13.0 Å². The lowest BCUT2D eigenvalue weighted by molar-refractivity contribution is -0.115. The lowest BCUT2D eigenvalue weighted by atomic mass is 9.95. The number of aliphatic imine (C=N–C) groups is 3. The Morgan fingerprint density at radius 3 is 2.59 bits per heavy atom. The Labute approximate surface area is 231 Å². The zero-order valence-electron chi connectivity index (χ0n) is 23.5. The van der Waals surface area contributed by atoms with Crippen molar-refractivity contribution in [3.63, 3.8) is 0 Å². The van der Waals surface area contributed by atoms with Crippen LogP contribution in [-0.2, 0) is 4.79 Å². The molecule has 1 aliphatic carbocycles. The Kier molecular flexibility index (Phi) is 16.5. The second-order valence-electron chi connectivity index (χ2n) is 9.11. The number of hydrazone groups is 1. The third kappa shape index (κ3) is 15.3. The standard InChI is InChI=1S/C26H36N6O.C4H6F2/c1-6-8-25(21(5)32-31-18-28-23-11-12-23)29-17-30-26(33)14-9-20(4)22-10-13-24(19(3)7-2)27-16-15-22;1-4(6)2-3-5/h6,8-10,13-14,17-19,22-23H,1,4,7,11-12,15-16H2,2-3,5H3,(H,28,31)(H,29,30,33);2H,3H2,1H3/b14-9+,25-8-,32-21+;4-2+. The van der Waals surface area contributed by atoms with Crippen molar-refractivity contribution >= 4 is 30.0 Å². The Hall–Kier alpha value is -3.75. The number of nitrogens with one attached hydrogen (secondary N) is 2. The Morgan fingerprint density at radius 2 is 2.00 bits per heavy atom. The van der Waals surface area contributed by atoms with Crippen LogP contribution in [0.5, 0.6) is 0 Å². The van der Waals surface area contributed by atoms with Gasteiger partial charge in [0.15, 0.2) is 0 Å². The maximum absolute atomic E-state index is 12.2. The zero-order chi connectivity index (χ0) is 29.0.